The third-order valence-corrected chi connectivity index (χ3v) is 2.93. The Morgan fingerprint density at radius 2 is 1.79 bits per heavy atom. The Balaban J connectivity index is 2.10. The Morgan fingerprint density at radius 3 is 2.36 bits per heavy atom. The van der Waals surface area contributed by atoms with Gasteiger partial charge in [-0.25, -0.2) is 0 Å². The van der Waals surface area contributed by atoms with Crippen molar-refractivity contribution in [2.24, 2.45) is 11.8 Å². The lowest BCUT2D eigenvalue weighted by Crippen LogP contribution is -2.28. The van der Waals surface area contributed by atoms with E-state index in [1.807, 2.05) is 0 Å². The number of hydrogen-bond acceptors (Lipinski definition) is 2. The first kappa shape index (κ1) is 12.0. The minimum atomic E-state index is -0.228. The van der Waals surface area contributed by atoms with Crippen LogP contribution in [0.5, 0.6) is 0 Å². The van der Waals surface area contributed by atoms with Gasteiger partial charge in [-0.2, -0.15) is 0 Å². The van der Waals surface area contributed by atoms with Gasteiger partial charge in [-0.15, -0.1) is 0 Å². The summed E-state index contributed by atoms with van der Waals surface area (Å²) < 4.78 is 5.46. The summed E-state index contributed by atoms with van der Waals surface area (Å²) in [6.45, 7) is 5.56. The van der Waals surface area contributed by atoms with Gasteiger partial charge in [-0.05, 0) is 24.7 Å². The molecule has 0 aromatic carbocycles. The van der Waals surface area contributed by atoms with Crippen molar-refractivity contribution in [3.05, 3.63) is 0 Å². The molecule has 2 heteroatoms. The number of aliphatic hydroxyl groups excluding tert-OH is 1. The van der Waals surface area contributed by atoms with Crippen molar-refractivity contribution in [2.45, 2.75) is 52.1 Å². The third-order valence-electron chi connectivity index (χ3n) is 2.93. The molecule has 1 fully saturated rings. The number of rotatable bonds is 5. The SMILES string of the molecule is CC(C)COCC(O)C1CCCCC1. The molecule has 2 nitrogen and oxygen atoms in total. The molecule has 0 saturated heterocycles. The molecule has 0 radical (unpaired) electrons. The Labute approximate surface area is 87.7 Å². The van der Waals surface area contributed by atoms with Crippen LogP contribution in [-0.2, 0) is 4.74 Å². The van der Waals surface area contributed by atoms with Gasteiger partial charge in [0.1, 0.15) is 0 Å². The van der Waals surface area contributed by atoms with Crippen molar-refractivity contribution >= 4 is 0 Å². The molecule has 1 rings (SSSR count). The van der Waals surface area contributed by atoms with Crippen molar-refractivity contribution in [1.82, 2.24) is 0 Å². The van der Waals surface area contributed by atoms with Crippen LogP contribution in [-0.4, -0.2) is 24.4 Å². The van der Waals surface area contributed by atoms with Crippen LogP contribution in [0.4, 0.5) is 0 Å². The molecule has 0 heterocycles. The molecule has 1 unspecified atom stereocenters. The number of aliphatic hydroxyl groups is 1. The lowest BCUT2D eigenvalue weighted by molar-refractivity contribution is -0.0119. The van der Waals surface area contributed by atoms with Crippen molar-refractivity contribution in [3.63, 3.8) is 0 Å². The molecular formula is C12H24O2. The van der Waals surface area contributed by atoms with Crippen LogP contribution in [0.15, 0.2) is 0 Å². The van der Waals surface area contributed by atoms with Gasteiger partial charge >= 0.3 is 0 Å². The summed E-state index contributed by atoms with van der Waals surface area (Å²) in [4.78, 5) is 0. The minimum Gasteiger partial charge on any atom is -0.390 e. The Hall–Kier alpha value is -0.0800. The van der Waals surface area contributed by atoms with E-state index in [9.17, 15) is 5.11 Å². The van der Waals surface area contributed by atoms with Crippen molar-refractivity contribution in [2.75, 3.05) is 13.2 Å². The molecule has 0 aromatic rings. The van der Waals surface area contributed by atoms with E-state index in [4.69, 9.17) is 4.74 Å². The van der Waals surface area contributed by atoms with Crippen LogP contribution in [0.25, 0.3) is 0 Å². The fourth-order valence-corrected chi connectivity index (χ4v) is 2.08. The summed E-state index contributed by atoms with van der Waals surface area (Å²) >= 11 is 0. The largest absolute Gasteiger partial charge is 0.390 e. The molecule has 14 heavy (non-hydrogen) atoms. The molecule has 1 aliphatic rings. The second-order valence-electron chi connectivity index (χ2n) is 4.90. The van der Waals surface area contributed by atoms with Crippen LogP contribution >= 0.6 is 0 Å². The zero-order valence-corrected chi connectivity index (χ0v) is 9.54. The fraction of sp³-hybridized carbons (Fsp3) is 1.00. The van der Waals surface area contributed by atoms with Gasteiger partial charge in [-0.1, -0.05) is 33.1 Å². The van der Waals surface area contributed by atoms with Gasteiger partial charge in [0.05, 0.1) is 12.7 Å². The average Bonchev–Trinajstić information content (AvgIpc) is 2.18. The van der Waals surface area contributed by atoms with Gasteiger partial charge in [0.25, 0.3) is 0 Å². The normalized spacial score (nSPS) is 21.4. The molecule has 1 atom stereocenters. The lowest BCUT2D eigenvalue weighted by atomic mass is 9.85. The summed E-state index contributed by atoms with van der Waals surface area (Å²) in [7, 11) is 0. The van der Waals surface area contributed by atoms with Crippen LogP contribution in [0, 0.1) is 11.8 Å². The third kappa shape index (κ3) is 4.43. The highest BCUT2D eigenvalue weighted by atomic mass is 16.5. The van der Waals surface area contributed by atoms with E-state index in [1.165, 1.54) is 32.1 Å². The molecule has 1 N–H and O–H groups in total. The summed E-state index contributed by atoms with van der Waals surface area (Å²) in [6, 6.07) is 0. The maximum atomic E-state index is 9.86. The van der Waals surface area contributed by atoms with Crippen molar-refractivity contribution in [3.8, 4) is 0 Å². The van der Waals surface area contributed by atoms with Gasteiger partial charge in [0.2, 0.25) is 0 Å². The second kappa shape index (κ2) is 6.41. The first-order valence-corrected chi connectivity index (χ1v) is 5.96. The summed E-state index contributed by atoms with van der Waals surface area (Å²) in [6.07, 6.45) is 6.06. The van der Waals surface area contributed by atoms with E-state index in [2.05, 4.69) is 13.8 Å². The van der Waals surface area contributed by atoms with Crippen LogP contribution in [0.2, 0.25) is 0 Å². The molecule has 0 bridgehead atoms. The fourth-order valence-electron chi connectivity index (χ4n) is 2.08. The smallest absolute Gasteiger partial charge is 0.0801 e. The van der Waals surface area contributed by atoms with E-state index in [0.717, 1.165) is 6.61 Å². The summed E-state index contributed by atoms with van der Waals surface area (Å²) in [5.74, 6) is 1.06. The van der Waals surface area contributed by atoms with E-state index < -0.39 is 0 Å². The molecule has 0 aliphatic heterocycles. The molecule has 0 spiro atoms. The van der Waals surface area contributed by atoms with Crippen LogP contribution in [0.1, 0.15) is 46.0 Å². The highest BCUT2D eigenvalue weighted by Crippen LogP contribution is 2.26. The van der Waals surface area contributed by atoms with Crippen molar-refractivity contribution < 1.29 is 9.84 Å². The lowest BCUT2D eigenvalue weighted by Gasteiger charge is -2.26. The zero-order valence-electron chi connectivity index (χ0n) is 9.54. The molecular weight excluding hydrogens is 176 g/mol. The Bertz CT molecular complexity index is 139. The molecule has 1 aliphatic carbocycles. The maximum absolute atomic E-state index is 9.86. The van der Waals surface area contributed by atoms with Crippen LogP contribution < -0.4 is 0 Å². The van der Waals surface area contributed by atoms with E-state index in [1.54, 1.807) is 0 Å². The molecule has 1 saturated carbocycles. The van der Waals surface area contributed by atoms with E-state index >= 15 is 0 Å². The highest BCUT2D eigenvalue weighted by molar-refractivity contribution is 4.72. The Morgan fingerprint density at radius 1 is 1.14 bits per heavy atom. The van der Waals surface area contributed by atoms with E-state index in [0.29, 0.717) is 18.4 Å². The maximum Gasteiger partial charge on any atom is 0.0801 e. The van der Waals surface area contributed by atoms with Gasteiger partial charge < -0.3 is 9.84 Å². The van der Waals surface area contributed by atoms with Gasteiger partial charge in [-0.3, -0.25) is 0 Å². The topological polar surface area (TPSA) is 29.5 Å². The van der Waals surface area contributed by atoms with Crippen LogP contribution in [0.3, 0.4) is 0 Å². The minimum absolute atomic E-state index is 0.228. The average molecular weight is 200 g/mol. The first-order chi connectivity index (χ1) is 6.70. The molecule has 0 amide bonds. The molecule has 84 valence electrons. The number of ether oxygens (including phenoxy) is 1. The predicted molar refractivity (Wildman–Crippen MR) is 58.2 cm³/mol. The quantitative estimate of drug-likeness (QED) is 0.739. The number of hydrogen-bond donors (Lipinski definition) is 1. The summed E-state index contributed by atoms with van der Waals surface area (Å²) in [5, 5.41) is 9.86. The van der Waals surface area contributed by atoms with Gasteiger partial charge in [0, 0.05) is 6.61 Å². The first-order valence-electron chi connectivity index (χ1n) is 5.96. The second-order valence-corrected chi connectivity index (χ2v) is 4.90. The Kier molecular flexibility index (Phi) is 5.49. The highest BCUT2D eigenvalue weighted by Gasteiger charge is 2.21. The predicted octanol–water partition coefficient (Wildman–Crippen LogP) is 2.60. The standard InChI is InChI=1S/C12H24O2/c1-10(2)8-14-9-12(13)11-6-4-3-5-7-11/h10-13H,3-9H2,1-2H3. The van der Waals surface area contributed by atoms with Gasteiger partial charge in [0.15, 0.2) is 0 Å². The monoisotopic (exact) mass is 200 g/mol. The van der Waals surface area contributed by atoms with E-state index in [-0.39, 0.29) is 6.10 Å². The zero-order chi connectivity index (χ0) is 10.4. The molecule has 0 aromatic heterocycles. The van der Waals surface area contributed by atoms with Crippen molar-refractivity contribution in [1.29, 1.82) is 0 Å². The summed E-state index contributed by atoms with van der Waals surface area (Å²) in [5.41, 5.74) is 0.